The minimum Gasteiger partial charge on any atom is -0.484 e. The van der Waals surface area contributed by atoms with Gasteiger partial charge in [-0.2, -0.15) is 0 Å². The molecule has 0 atom stereocenters. The zero-order valence-electron chi connectivity index (χ0n) is 14.1. The second-order valence-electron chi connectivity index (χ2n) is 5.03. The monoisotopic (exact) mass is 363 g/mol. The summed E-state index contributed by atoms with van der Waals surface area (Å²) in [6.07, 6.45) is 0. The van der Waals surface area contributed by atoms with Crippen molar-refractivity contribution in [1.29, 1.82) is 0 Å². The molecule has 0 fully saturated rings. The van der Waals surface area contributed by atoms with Crippen LogP contribution in [0.5, 0.6) is 11.5 Å². The van der Waals surface area contributed by atoms with Gasteiger partial charge in [0.1, 0.15) is 11.5 Å². The number of hydroxylamine groups is 2. The highest BCUT2D eigenvalue weighted by molar-refractivity contribution is 5.76. The van der Waals surface area contributed by atoms with E-state index in [1.807, 2.05) is 19.1 Å². The molecule has 0 saturated carbocycles. The smallest absolute Gasteiger partial charge is 0.281 e. The largest absolute Gasteiger partial charge is 0.484 e. The number of amides is 2. The van der Waals surface area contributed by atoms with Crippen molar-refractivity contribution in [3.63, 3.8) is 0 Å². The van der Waals surface area contributed by atoms with Gasteiger partial charge < -0.3 is 15.2 Å². The first-order valence-electron chi connectivity index (χ1n) is 7.48. The maximum absolute atomic E-state index is 10.6. The van der Waals surface area contributed by atoms with E-state index in [1.54, 1.807) is 36.4 Å². The summed E-state index contributed by atoms with van der Waals surface area (Å²) < 4.78 is 10.0. The van der Waals surface area contributed by atoms with E-state index in [2.05, 4.69) is 0 Å². The van der Waals surface area contributed by atoms with Gasteiger partial charge in [0, 0.05) is 5.69 Å². The summed E-state index contributed by atoms with van der Waals surface area (Å²) in [5, 5.41) is 16.3. The summed E-state index contributed by atoms with van der Waals surface area (Å²) in [5.74, 6) is -0.0376. The predicted molar refractivity (Wildman–Crippen MR) is 92.9 cm³/mol. The van der Waals surface area contributed by atoms with Crippen LogP contribution in [0, 0.1) is 6.92 Å². The fourth-order valence-corrected chi connectivity index (χ4v) is 1.56. The molecule has 0 bridgehead atoms. The fourth-order valence-electron chi connectivity index (χ4n) is 1.56. The van der Waals surface area contributed by atoms with Crippen molar-refractivity contribution >= 4 is 17.5 Å². The maximum atomic E-state index is 10.6. The number of rotatable bonds is 6. The van der Waals surface area contributed by atoms with Crippen LogP contribution in [0.2, 0.25) is 0 Å². The molecule has 0 spiro atoms. The summed E-state index contributed by atoms with van der Waals surface area (Å²) in [7, 11) is 0. The Bertz CT molecular complexity index is 627. The molecule has 0 heterocycles. The molecule has 0 aromatic heterocycles. The van der Waals surface area contributed by atoms with Crippen molar-refractivity contribution in [3.8, 4) is 11.5 Å². The number of carbonyl (C=O) groups excluding carboxylic acids is 2. The van der Waals surface area contributed by atoms with Crippen LogP contribution in [0.3, 0.4) is 0 Å². The second-order valence-corrected chi connectivity index (χ2v) is 5.03. The minimum absolute atomic E-state index is 0.181. The van der Waals surface area contributed by atoms with Gasteiger partial charge in [0.25, 0.3) is 11.8 Å². The van der Waals surface area contributed by atoms with Gasteiger partial charge in [0.15, 0.2) is 13.2 Å². The maximum Gasteiger partial charge on any atom is 0.281 e. The number of benzene rings is 2. The molecule has 2 aromatic carbocycles. The van der Waals surface area contributed by atoms with E-state index in [9.17, 15) is 9.59 Å². The lowest BCUT2D eigenvalue weighted by molar-refractivity contribution is -0.131. The number of hydrogen-bond donors (Lipinski definition) is 5. The number of ether oxygens (including phenoxy) is 2. The molecule has 2 rings (SSSR count). The molecular weight excluding hydrogens is 342 g/mol. The lowest BCUT2D eigenvalue weighted by Gasteiger charge is -2.04. The van der Waals surface area contributed by atoms with E-state index in [4.69, 9.17) is 25.6 Å². The number of carbonyl (C=O) groups is 2. The third-order valence-electron chi connectivity index (χ3n) is 2.89. The van der Waals surface area contributed by atoms with E-state index in [1.165, 1.54) is 11.0 Å². The first kappa shape index (κ1) is 20.7. The summed E-state index contributed by atoms with van der Waals surface area (Å²) in [4.78, 5) is 21.1. The highest BCUT2D eigenvalue weighted by atomic mass is 16.5. The van der Waals surface area contributed by atoms with Gasteiger partial charge in [0.2, 0.25) is 0 Å². The zero-order chi connectivity index (χ0) is 19.4. The Morgan fingerprint density at radius 1 is 0.846 bits per heavy atom. The molecule has 26 heavy (non-hydrogen) atoms. The molecule has 9 nitrogen and oxygen atoms in total. The Morgan fingerprint density at radius 2 is 1.23 bits per heavy atom. The lowest BCUT2D eigenvalue weighted by atomic mass is 10.2. The average Bonchev–Trinajstić information content (AvgIpc) is 2.67. The third-order valence-corrected chi connectivity index (χ3v) is 2.89. The number of nitrogen functional groups attached to an aromatic ring is 1. The topological polar surface area (TPSA) is 143 Å². The van der Waals surface area contributed by atoms with E-state index in [0.717, 1.165) is 5.56 Å². The van der Waals surface area contributed by atoms with Crippen molar-refractivity contribution < 1.29 is 29.5 Å². The van der Waals surface area contributed by atoms with E-state index < -0.39 is 11.8 Å². The van der Waals surface area contributed by atoms with Crippen molar-refractivity contribution in [2.75, 3.05) is 18.9 Å². The van der Waals surface area contributed by atoms with Crippen LogP contribution in [-0.4, -0.2) is 35.4 Å². The van der Waals surface area contributed by atoms with Gasteiger partial charge in [0.05, 0.1) is 0 Å². The van der Waals surface area contributed by atoms with Crippen molar-refractivity contribution in [1.82, 2.24) is 11.0 Å². The fraction of sp³-hybridized carbons (Fsp3) is 0.176. The molecule has 0 unspecified atom stereocenters. The van der Waals surface area contributed by atoms with Gasteiger partial charge in [-0.3, -0.25) is 20.0 Å². The second kappa shape index (κ2) is 11.3. The number of anilines is 1. The summed E-state index contributed by atoms with van der Waals surface area (Å²) >= 11 is 0. The Kier molecular flexibility index (Phi) is 9.01. The van der Waals surface area contributed by atoms with Crippen LogP contribution in [0.15, 0.2) is 48.5 Å². The van der Waals surface area contributed by atoms with Gasteiger partial charge in [-0.1, -0.05) is 17.7 Å². The van der Waals surface area contributed by atoms with Crippen LogP contribution >= 0.6 is 0 Å². The van der Waals surface area contributed by atoms with Crippen LogP contribution in [-0.2, 0) is 9.59 Å². The highest BCUT2D eigenvalue weighted by Gasteiger charge is 2.00. The summed E-state index contributed by atoms with van der Waals surface area (Å²) in [6, 6.07) is 13.9. The Labute approximate surface area is 150 Å². The van der Waals surface area contributed by atoms with Gasteiger partial charge >= 0.3 is 0 Å². The molecule has 0 saturated heterocycles. The van der Waals surface area contributed by atoms with Gasteiger partial charge in [-0.15, -0.1) is 0 Å². The number of nitrogens with two attached hydrogens (primary N) is 1. The normalized spacial score (nSPS) is 9.35. The van der Waals surface area contributed by atoms with E-state index >= 15 is 0 Å². The van der Waals surface area contributed by atoms with Gasteiger partial charge in [-0.25, -0.2) is 11.0 Å². The zero-order valence-corrected chi connectivity index (χ0v) is 14.1. The molecular formula is C17H21N3O6. The Morgan fingerprint density at radius 3 is 1.62 bits per heavy atom. The Hall–Kier alpha value is -3.30. The number of nitrogens with one attached hydrogen (secondary N) is 2. The van der Waals surface area contributed by atoms with E-state index in [-0.39, 0.29) is 13.2 Å². The standard InChI is InChI=1S/C9H11NO3.C8H10N2O3/c1-7-2-4-8(5-3-7)13-6-9(11)10-12;9-6-1-3-7(4-2-6)13-5-8(11)10-12/h2-5,12H,6H2,1H3,(H,10,11);1-4,12H,5,9H2,(H,10,11). The van der Waals surface area contributed by atoms with Crippen LogP contribution in [0.25, 0.3) is 0 Å². The van der Waals surface area contributed by atoms with Crippen molar-refractivity contribution in [2.24, 2.45) is 0 Å². The van der Waals surface area contributed by atoms with Crippen LogP contribution in [0.1, 0.15) is 5.56 Å². The third kappa shape index (κ3) is 8.52. The van der Waals surface area contributed by atoms with Crippen molar-refractivity contribution in [3.05, 3.63) is 54.1 Å². The molecule has 2 aromatic rings. The lowest BCUT2D eigenvalue weighted by Crippen LogP contribution is -2.25. The van der Waals surface area contributed by atoms with Crippen LogP contribution < -0.4 is 26.2 Å². The molecule has 0 aliphatic heterocycles. The molecule has 0 radical (unpaired) electrons. The number of aryl methyl sites for hydroxylation is 1. The molecule has 0 aliphatic carbocycles. The Balaban J connectivity index is 0.000000260. The van der Waals surface area contributed by atoms with Crippen molar-refractivity contribution in [2.45, 2.75) is 6.92 Å². The summed E-state index contributed by atoms with van der Waals surface area (Å²) in [5.41, 5.74) is 10.1. The van der Waals surface area contributed by atoms with Gasteiger partial charge in [-0.05, 0) is 43.3 Å². The van der Waals surface area contributed by atoms with E-state index in [0.29, 0.717) is 17.2 Å². The molecule has 0 aliphatic rings. The highest BCUT2D eigenvalue weighted by Crippen LogP contribution is 2.12. The van der Waals surface area contributed by atoms with Crippen LogP contribution in [0.4, 0.5) is 5.69 Å². The first-order chi connectivity index (χ1) is 12.4. The molecule has 140 valence electrons. The summed E-state index contributed by atoms with van der Waals surface area (Å²) in [6.45, 7) is 1.56. The minimum atomic E-state index is -0.600. The molecule has 9 heteroatoms. The first-order valence-corrected chi connectivity index (χ1v) is 7.48. The predicted octanol–water partition coefficient (Wildman–Crippen LogP) is 1.03. The average molecular weight is 363 g/mol. The quantitative estimate of drug-likeness (QED) is 0.293. The SMILES string of the molecule is Cc1ccc(OCC(=O)NO)cc1.Nc1ccc(OCC(=O)NO)cc1. The molecule has 2 amide bonds. The molecule has 6 N–H and O–H groups in total. The number of hydrogen-bond acceptors (Lipinski definition) is 7.